The number of carbonyl (C=O) groups is 2. The molecule has 2 heterocycles. The van der Waals surface area contributed by atoms with E-state index >= 15 is 0 Å². The van der Waals surface area contributed by atoms with Crippen LogP contribution in [0, 0.1) is 6.92 Å². The number of hydrogen-bond donors (Lipinski definition) is 0. The van der Waals surface area contributed by atoms with Crippen molar-refractivity contribution < 1.29 is 14.3 Å². The van der Waals surface area contributed by atoms with Gasteiger partial charge in [0, 0.05) is 37.5 Å². The molecule has 0 saturated carbocycles. The van der Waals surface area contributed by atoms with E-state index in [1.807, 2.05) is 32.6 Å². The molecule has 4 rings (SSSR count). The van der Waals surface area contributed by atoms with E-state index in [-0.39, 0.29) is 12.0 Å². The van der Waals surface area contributed by atoms with Gasteiger partial charge in [0.2, 0.25) is 5.91 Å². The topological polar surface area (TPSA) is 62.7 Å². The first-order valence-electron chi connectivity index (χ1n) is 11.9. The van der Waals surface area contributed by atoms with Crippen molar-refractivity contribution in [2.24, 2.45) is 0 Å². The molecule has 1 fully saturated rings. The predicted molar refractivity (Wildman–Crippen MR) is 136 cm³/mol. The fourth-order valence-corrected chi connectivity index (χ4v) is 5.35. The molecule has 2 aromatic carbocycles. The van der Waals surface area contributed by atoms with Crippen molar-refractivity contribution in [3.63, 3.8) is 0 Å². The molecule has 0 N–H and O–H groups in total. The monoisotopic (exact) mass is 479 g/mol. The summed E-state index contributed by atoms with van der Waals surface area (Å²) in [5.74, 6) is 0.0921. The van der Waals surface area contributed by atoms with Gasteiger partial charge in [-0.05, 0) is 50.5 Å². The van der Waals surface area contributed by atoms with Gasteiger partial charge in [0.05, 0.1) is 17.1 Å². The van der Waals surface area contributed by atoms with Crippen LogP contribution in [0.4, 0.5) is 4.79 Å². The Kier molecular flexibility index (Phi) is 7.22. The first-order chi connectivity index (χ1) is 16.2. The highest BCUT2D eigenvalue weighted by Crippen LogP contribution is 2.26. The molecule has 1 aromatic heterocycles. The molecular weight excluding hydrogens is 446 g/mol. The largest absolute Gasteiger partial charge is 0.444 e. The maximum Gasteiger partial charge on any atom is 0.410 e. The highest BCUT2D eigenvalue weighted by molar-refractivity contribution is 7.11. The molecule has 0 radical (unpaired) electrons. The lowest BCUT2D eigenvalue weighted by Crippen LogP contribution is -2.40. The van der Waals surface area contributed by atoms with E-state index in [4.69, 9.17) is 9.72 Å². The number of rotatable bonds is 4. The van der Waals surface area contributed by atoms with Crippen molar-refractivity contribution in [2.45, 2.75) is 52.6 Å². The molecule has 0 bridgehead atoms. The number of nitrogens with zero attached hydrogens (tertiary/aromatic N) is 3. The van der Waals surface area contributed by atoms with Crippen molar-refractivity contribution in [3.8, 4) is 0 Å². The van der Waals surface area contributed by atoms with Gasteiger partial charge in [-0.25, -0.2) is 9.78 Å². The van der Waals surface area contributed by atoms with Gasteiger partial charge in [-0.3, -0.25) is 4.79 Å². The summed E-state index contributed by atoms with van der Waals surface area (Å²) in [6.45, 7) is 9.86. The molecule has 0 aliphatic carbocycles. The number of amides is 2. The van der Waals surface area contributed by atoms with E-state index in [9.17, 15) is 9.59 Å². The Morgan fingerprint density at radius 3 is 2.50 bits per heavy atom. The SMILES string of the molecule is Cc1nc(Cc2cccc3ccccc23)sc1CC(=O)N1CCCN(C(=O)OC(C)(C)C)CC1. The van der Waals surface area contributed by atoms with Crippen LogP contribution in [0.3, 0.4) is 0 Å². The predicted octanol–water partition coefficient (Wildman–Crippen LogP) is 5.21. The molecular formula is C27H33N3O3S. The van der Waals surface area contributed by atoms with Crippen LogP contribution < -0.4 is 0 Å². The third-order valence-electron chi connectivity index (χ3n) is 5.97. The van der Waals surface area contributed by atoms with Gasteiger partial charge in [-0.1, -0.05) is 42.5 Å². The summed E-state index contributed by atoms with van der Waals surface area (Å²) in [7, 11) is 0. The third-order valence-corrected chi connectivity index (χ3v) is 7.13. The molecule has 3 aromatic rings. The van der Waals surface area contributed by atoms with Gasteiger partial charge in [0.25, 0.3) is 0 Å². The lowest BCUT2D eigenvalue weighted by molar-refractivity contribution is -0.130. The standard InChI is InChI=1S/C27H33N3O3S/c1-19-23(34-24(28-19)17-21-11-7-10-20-9-5-6-12-22(20)21)18-25(31)29-13-8-14-30(16-15-29)26(32)33-27(2,3)4/h5-7,9-12H,8,13-18H2,1-4H3. The van der Waals surface area contributed by atoms with Gasteiger partial charge in [-0.2, -0.15) is 0 Å². The van der Waals surface area contributed by atoms with Crippen LogP contribution in [-0.4, -0.2) is 58.6 Å². The van der Waals surface area contributed by atoms with E-state index in [1.165, 1.54) is 16.3 Å². The molecule has 1 aliphatic rings. The Morgan fingerprint density at radius 2 is 1.71 bits per heavy atom. The zero-order valence-electron chi connectivity index (χ0n) is 20.5. The summed E-state index contributed by atoms with van der Waals surface area (Å²) >= 11 is 1.63. The van der Waals surface area contributed by atoms with Crippen molar-refractivity contribution in [2.75, 3.05) is 26.2 Å². The highest BCUT2D eigenvalue weighted by Gasteiger charge is 2.26. The Bertz CT molecular complexity index is 1180. The van der Waals surface area contributed by atoms with E-state index in [0.29, 0.717) is 32.6 Å². The van der Waals surface area contributed by atoms with Gasteiger partial charge < -0.3 is 14.5 Å². The zero-order valence-corrected chi connectivity index (χ0v) is 21.3. The number of fused-ring (bicyclic) bond motifs is 1. The minimum Gasteiger partial charge on any atom is -0.444 e. The van der Waals surface area contributed by atoms with Crippen LogP contribution in [0.1, 0.15) is 48.3 Å². The number of carbonyl (C=O) groups excluding carboxylic acids is 2. The van der Waals surface area contributed by atoms with Crippen molar-refractivity contribution in [3.05, 3.63) is 63.6 Å². The minimum absolute atomic E-state index is 0.0921. The lowest BCUT2D eigenvalue weighted by Gasteiger charge is -2.26. The second-order valence-electron chi connectivity index (χ2n) is 9.81. The average molecular weight is 480 g/mol. The van der Waals surface area contributed by atoms with Gasteiger partial charge >= 0.3 is 6.09 Å². The van der Waals surface area contributed by atoms with Crippen LogP contribution >= 0.6 is 11.3 Å². The number of aromatic nitrogens is 1. The highest BCUT2D eigenvalue weighted by atomic mass is 32.1. The van der Waals surface area contributed by atoms with Gasteiger partial charge in [-0.15, -0.1) is 11.3 Å². The molecule has 6 nitrogen and oxygen atoms in total. The van der Waals surface area contributed by atoms with Crippen molar-refractivity contribution in [1.82, 2.24) is 14.8 Å². The van der Waals surface area contributed by atoms with Crippen LogP contribution in [-0.2, 0) is 22.4 Å². The van der Waals surface area contributed by atoms with Crippen molar-refractivity contribution >= 4 is 34.1 Å². The number of benzene rings is 2. The van der Waals surface area contributed by atoms with Gasteiger partial charge in [0.1, 0.15) is 5.60 Å². The second-order valence-corrected chi connectivity index (χ2v) is 11.0. The smallest absolute Gasteiger partial charge is 0.410 e. The average Bonchev–Trinajstić information content (AvgIpc) is 2.97. The second kappa shape index (κ2) is 10.1. The number of hydrogen-bond acceptors (Lipinski definition) is 5. The first-order valence-corrected chi connectivity index (χ1v) is 12.7. The fraction of sp³-hybridized carbons (Fsp3) is 0.444. The Balaban J connectivity index is 1.39. The summed E-state index contributed by atoms with van der Waals surface area (Å²) in [5, 5.41) is 3.50. The molecule has 1 aliphatic heterocycles. The fourth-order valence-electron chi connectivity index (χ4n) is 4.26. The molecule has 0 spiro atoms. The molecule has 1 saturated heterocycles. The zero-order chi connectivity index (χ0) is 24.3. The Labute approximate surface area is 205 Å². The quantitative estimate of drug-likeness (QED) is 0.516. The maximum atomic E-state index is 13.1. The van der Waals surface area contributed by atoms with Crippen LogP contribution in [0.15, 0.2) is 42.5 Å². The lowest BCUT2D eigenvalue weighted by atomic mass is 10.0. The molecule has 0 atom stereocenters. The summed E-state index contributed by atoms with van der Waals surface area (Å²) in [6.07, 6.45) is 1.55. The van der Waals surface area contributed by atoms with E-state index in [1.54, 1.807) is 16.2 Å². The van der Waals surface area contributed by atoms with E-state index < -0.39 is 5.60 Å². The maximum absolute atomic E-state index is 13.1. The molecule has 0 unspecified atom stereocenters. The van der Waals surface area contributed by atoms with Crippen LogP contribution in [0.25, 0.3) is 10.8 Å². The number of aryl methyl sites for hydroxylation is 1. The molecule has 180 valence electrons. The molecule has 2 amide bonds. The Morgan fingerprint density at radius 1 is 1.00 bits per heavy atom. The normalized spacial score (nSPS) is 14.8. The Hall–Kier alpha value is -2.93. The summed E-state index contributed by atoms with van der Waals surface area (Å²) in [4.78, 5) is 34.9. The van der Waals surface area contributed by atoms with Crippen LogP contribution in [0.2, 0.25) is 0 Å². The third kappa shape index (κ3) is 5.95. The van der Waals surface area contributed by atoms with Gasteiger partial charge in [0.15, 0.2) is 0 Å². The van der Waals surface area contributed by atoms with Crippen LogP contribution in [0.5, 0.6) is 0 Å². The van der Waals surface area contributed by atoms with Crippen molar-refractivity contribution in [1.29, 1.82) is 0 Å². The molecule has 34 heavy (non-hydrogen) atoms. The summed E-state index contributed by atoms with van der Waals surface area (Å²) < 4.78 is 5.50. The van der Waals surface area contributed by atoms with E-state index in [2.05, 4.69) is 42.5 Å². The number of thiazole rings is 1. The summed E-state index contributed by atoms with van der Waals surface area (Å²) in [6, 6.07) is 14.8. The molecule has 7 heteroatoms. The van der Waals surface area contributed by atoms with E-state index in [0.717, 1.165) is 28.4 Å². The minimum atomic E-state index is -0.521. The first kappa shape index (κ1) is 24.2. The summed E-state index contributed by atoms with van der Waals surface area (Å²) in [5.41, 5.74) is 1.66. The number of ether oxygens (including phenoxy) is 1.